The highest BCUT2D eigenvalue weighted by molar-refractivity contribution is 7.80. The Morgan fingerprint density at radius 1 is 1.31 bits per heavy atom. The Kier molecular flexibility index (Phi) is 5.01. The fourth-order valence-corrected chi connectivity index (χ4v) is 4.22. The molecule has 4 rings (SSSR count). The molecule has 29 heavy (non-hydrogen) atoms. The first kappa shape index (κ1) is 19.7. The maximum atomic E-state index is 14.7. The number of nitrogens with zero attached hydrogens (tertiary/aromatic N) is 2. The first-order valence-corrected chi connectivity index (χ1v) is 9.48. The highest BCUT2D eigenvalue weighted by Crippen LogP contribution is 2.52. The van der Waals surface area contributed by atoms with Crippen molar-refractivity contribution in [3.8, 4) is 0 Å². The van der Waals surface area contributed by atoms with Gasteiger partial charge >= 0.3 is 12.1 Å². The quantitative estimate of drug-likeness (QED) is 0.671. The van der Waals surface area contributed by atoms with Crippen molar-refractivity contribution in [3.63, 3.8) is 0 Å². The van der Waals surface area contributed by atoms with Gasteiger partial charge in [-0.1, -0.05) is 12.2 Å². The van der Waals surface area contributed by atoms with Crippen LogP contribution < -0.4 is 15.1 Å². The standard InChI is InChI=1S/C18H18F3N3O4S/c19-12-3-8(24-5-9(28-18(24)27)4-22-16(29)15(20)21)1-2-13(12)23-6-10-11(7-23)14(10)17(25)26/h1-3,9-11,14-15H,4-7H2,(H,22,29)(H,25,26)/t9-,10-,11+,14?/m1/s1. The second kappa shape index (κ2) is 7.36. The molecule has 0 bridgehead atoms. The number of halogens is 3. The zero-order chi connectivity index (χ0) is 20.9. The molecular formula is C18H18F3N3O4S. The van der Waals surface area contributed by atoms with Crippen LogP contribution in [0.1, 0.15) is 0 Å². The molecule has 7 nitrogen and oxygen atoms in total. The highest BCUT2D eigenvalue weighted by Gasteiger charge is 2.60. The van der Waals surface area contributed by atoms with Gasteiger partial charge in [0.05, 0.1) is 30.4 Å². The summed E-state index contributed by atoms with van der Waals surface area (Å²) in [6, 6.07) is 4.35. The lowest BCUT2D eigenvalue weighted by Crippen LogP contribution is -2.36. The smallest absolute Gasteiger partial charge is 0.414 e. The van der Waals surface area contributed by atoms with Gasteiger partial charge in [0.15, 0.2) is 0 Å². The number of anilines is 2. The van der Waals surface area contributed by atoms with Crippen LogP contribution in [-0.2, 0) is 9.53 Å². The molecule has 1 aliphatic carbocycles. The summed E-state index contributed by atoms with van der Waals surface area (Å²) in [4.78, 5) is 25.6. The molecular weight excluding hydrogens is 411 g/mol. The van der Waals surface area contributed by atoms with Crippen LogP contribution in [0.25, 0.3) is 0 Å². The van der Waals surface area contributed by atoms with E-state index in [1.54, 1.807) is 12.1 Å². The molecule has 11 heteroatoms. The van der Waals surface area contributed by atoms with Crippen LogP contribution in [0.3, 0.4) is 0 Å². The molecule has 2 aliphatic heterocycles. The van der Waals surface area contributed by atoms with Crippen molar-refractivity contribution < 1.29 is 32.6 Å². The summed E-state index contributed by atoms with van der Waals surface area (Å²) in [5.74, 6) is -1.57. The molecule has 1 saturated carbocycles. The minimum atomic E-state index is -2.79. The number of piperidine rings is 1. The summed E-state index contributed by atoms with van der Waals surface area (Å²) in [5.41, 5.74) is 0.654. The SMILES string of the molecule is O=C(O)C1[C@H]2CN(c3ccc(N4C[C@@H](CNC(=S)C(F)F)OC4=O)cc3F)C[C@@H]12. The number of cyclic esters (lactones) is 1. The number of aliphatic carboxylic acids is 1. The topological polar surface area (TPSA) is 82.1 Å². The Bertz CT molecular complexity index is 859. The van der Waals surface area contributed by atoms with Gasteiger partial charge in [-0.2, -0.15) is 0 Å². The third-order valence-corrected chi connectivity index (χ3v) is 5.96. The molecule has 2 N–H and O–H groups in total. The fraction of sp³-hybridized carbons (Fsp3) is 0.500. The number of rotatable bonds is 6. The van der Waals surface area contributed by atoms with E-state index in [-0.39, 0.29) is 30.8 Å². The molecule has 1 aromatic carbocycles. The monoisotopic (exact) mass is 429 g/mol. The van der Waals surface area contributed by atoms with Crippen molar-refractivity contribution in [1.29, 1.82) is 0 Å². The van der Waals surface area contributed by atoms with Crippen molar-refractivity contribution >= 4 is 40.6 Å². The first-order chi connectivity index (χ1) is 13.8. The Labute approximate surface area is 169 Å². The summed E-state index contributed by atoms with van der Waals surface area (Å²) in [6.45, 7) is 0.987. The average Bonchev–Trinajstić information content (AvgIpc) is 2.97. The molecule has 4 atom stereocenters. The number of fused-ring (bicyclic) bond motifs is 1. The summed E-state index contributed by atoms with van der Waals surface area (Å²) in [7, 11) is 0. The lowest BCUT2D eigenvalue weighted by atomic mass is 10.2. The molecule has 3 aliphatic rings. The summed E-state index contributed by atoms with van der Waals surface area (Å²) < 4.78 is 44.6. The van der Waals surface area contributed by atoms with Gasteiger partial charge in [-0.15, -0.1) is 0 Å². The van der Waals surface area contributed by atoms with Gasteiger partial charge in [-0.3, -0.25) is 9.69 Å². The number of benzene rings is 1. The zero-order valence-electron chi connectivity index (χ0n) is 15.1. The van der Waals surface area contributed by atoms with E-state index in [1.165, 1.54) is 11.0 Å². The minimum absolute atomic E-state index is 0.0488. The number of hydrogen-bond acceptors (Lipinski definition) is 5. The van der Waals surface area contributed by atoms with Gasteiger partial charge in [0.25, 0.3) is 6.43 Å². The van der Waals surface area contributed by atoms with Crippen molar-refractivity contribution in [1.82, 2.24) is 5.32 Å². The third-order valence-electron chi connectivity index (χ3n) is 5.64. The van der Waals surface area contributed by atoms with Crippen molar-refractivity contribution in [3.05, 3.63) is 24.0 Å². The number of ether oxygens (including phenoxy) is 1. The zero-order valence-corrected chi connectivity index (χ0v) is 15.9. The maximum Gasteiger partial charge on any atom is 0.414 e. The van der Waals surface area contributed by atoms with E-state index in [1.807, 2.05) is 4.90 Å². The van der Waals surface area contributed by atoms with E-state index < -0.39 is 35.4 Å². The predicted molar refractivity (Wildman–Crippen MR) is 101 cm³/mol. The van der Waals surface area contributed by atoms with Crippen molar-refractivity contribution in [2.45, 2.75) is 12.5 Å². The van der Waals surface area contributed by atoms with Gasteiger partial charge in [-0.25, -0.2) is 18.0 Å². The minimum Gasteiger partial charge on any atom is -0.481 e. The highest BCUT2D eigenvalue weighted by atomic mass is 32.1. The summed E-state index contributed by atoms with van der Waals surface area (Å²) >= 11 is 4.48. The molecule has 2 saturated heterocycles. The number of nitrogens with one attached hydrogen (secondary N) is 1. The molecule has 0 radical (unpaired) electrons. The molecule has 2 heterocycles. The lowest BCUT2D eigenvalue weighted by Gasteiger charge is -2.23. The number of alkyl halides is 2. The third kappa shape index (κ3) is 3.70. The largest absolute Gasteiger partial charge is 0.481 e. The molecule has 3 fully saturated rings. The normalized spacial score (nSPS) is 27.8. The number of carboxylic acids is 1. The molecule has 1 aromatic rings. The van der Waals surface area contributed by atoms with Crippen molar-refractivity contribution in [2.24, 2.45) is 17.8 Å². The Morgan fingerprint density at radius 3 is 2.59 bits per heavy atom. The van der Waals surface area contributed by atoms with E-state index in [9.17, 15) is 22.8 Å². The number of amides is 1. The molecule has 1 amide bonds. The average molecular weight is 429 g/mol. The van der Waals surface area contributed by atoms with E-state index in [4.69, 9.17) is 9.84 Å². The van der Waals surface area contributed by atoms with E-state index >= 15 is 0 Å². The van der Waals surface area contributed by atoms with Crippen LogP contribution in [0.4, 0.5) is 29.3 Å². The van der Waals surface area contributed by atoms with Gasteiger partial charge in [0, 0.05) is 13.1 Å². The number of thiocarbonyl (C=S) groups is 1. The van der Waals surface area contributed by atoms with Crippen LogP contribution in [0, 0.1) is 23.6 Å². The van der Waals surface area contributed by atoms with E-state index in [0.717, 1.165) is 0 Å². The second-order valence-electron chi connectivity index (χ2n) is 7.39. The van der Waals surface area contributed by atoms with E-state index in [2.05, 4.69) is 17.5 Å². The maximum absolute atomic E-state index is 14.7. The van der Waals surface area contributed by atoms with Crippen LogP contribution >= 0.6 is 12.2 Å². The van der Waals surface area contributed by atoms with Crippen LogP contribution in [-0.4, -0.2) is 60.9 Å². The van der Waals surface area contributed by atoms with Crippen LogP contribution in [0.2, 0.25) is 0 Å². The molecule has 1 unspecified atom stereocenters. The van der Waals surface area contributed by atoms with Crippen molar-refractivity contribution in [2.75, 3.05) is 36.0 Å². The Balaban J connectivity index is 1.38. The second-order valence-corrected chi connectivity index (χ2v) is 7.83. The van der Waals surface area contributed by atoms with Crippen LogP contribution in [0.15, 0.2) is 18.2 Å². The van der Waals surface area contributed by atoms with Gasteiger partial charge in [0.1, 0.15) is 16.9 Å². The van der Waals surface area contributed by atoms with Gasteiger partial charge in [0.2, 0.25) is 0 Å². The molecule has 0 spiro atoms. The number of hydrogen-bond donors (Lipinski definition) is 2. The predicted octanol–water partition coefficient (Wildman–Crippen LogP) is 2.10. The first-order valence-electron chi connectivity index (χ1n) is 9.07. The van der Waals surface area contributed by atoms with E-state index in [0.29, 0.717) is 24.5 Å². The lowest BCUT2D eigenvalue weighted by molar-refractivity contribution is -0.139. The van der Waals surface area contributed by atoms with Gasteiger partial charge in [-0.05, 0) is 30.0 Å². The Hall–Kier alpha value is -2.56. The fourth-order valence-electron chi connectivity index (χ4n) is 4.14. The van der Waals surface area contributed by atoms with Crippen LogP contribution in [0.5, 0.6) is 0 Å². The number of carbonyl (C=O) groups excluding carboxylic acids is 1. The van der Waals surface area contributed by atoms with Gasteiger partial charge < -0.3 is 20.1 Å². The Morgan fingerprint density at radius 2 is 2.00 bits per heavy atom. The molecule has 0 aromatic heterocycles. The summed E-state index contributed by atoms with van der Waals surface area (Å²) in [6.07, 6.45) is -4.18. The molecule has 156 valence electrons. The number of carbonyl (C=O) groups is 2. The number of carboxylic acid groups (broad SMARTS) is 1. The summed E-state index contributed by atoms with van der Waals surface area (Å²) in [5, 5.41) is 11.4.